The molecular weight excluding hydrogens is 356 g/mol. The standard InChI is InChI=1S/C22H20N2O2S/c1-14-9-11-17(12-10-14)20-19(21(25)26-3)15(2)23-22-24(20)18(13-27-22)16-7-5-4-6-8-16/h4-13,20H,1-3H3. The monoisotopic (exact) mass is 376 g/mol. The maximum atomic E-state index is 12.7. The summed E-state index contributed by atoms with van der Waals surface area (Å²) < 4.78 is 5.11. The Kier molecular flexibility index (Phi) is 4.62. The summed E-state index contributed by atoms with van der Waals surface area (Å²) in [6, 6.07) is 18.2. The van der Waals surface area contributed by atoms with E-state index in [0.29, 0.717) is 11.3 Å². The van der Waals surface area contributed by atoms with Crippen molar-refractivity contribution in [3.63, 3.8) is 0 Å². The van der Waals surface area contributed by atoms with Crippen molar-refractivity contribution in [2.45, 2.75) is 19.9 Å². The fraction of sp³-hybridized carbons (Fsp3) is 0.182. The van der Waals surface area contributed by atoms with Crippen LogP contribution in [0.15, 0.2) is 76.3 Å². The molecule has 4 rings (SSSR count). The summed E-state index contributed by atoms with van der Waals surface area (Å²) in [4.78, 5) is 19.5. The van der Waals surface area contributed by atoms with Crippen LogP contribution in [0, 0.1) is 6.92 Å². The van der Waals surface area contributed by atoms with Gasteiger partial charge < -0.3 is 9.64 Å². The van der Waals surface area contributed by atoms with Gasteiger partial charge in [-0.05, 0) is 25.0 Å². The number of rotatable bonds is 3. The highest BCUT2D eigenvalue weighted by Crippen LogP contribution is 2.46. The van der Waals surface area contributed by atoms with Crippen LogP contribution in [0.4, 0.5) is 0 Å². The molecule has 0 aromatic heterocycles. The van der Waals surface area contributed by atoms with E-state index in [1.54, 1.807) is 11.8 Å². The Morgan fingerprint density at radius 3 is 2.44 bits per heavy atom. The highest BCUT2D eigenvalue weighted by atomic mass is 32.2. The van der Waals surface area contributed by atoms with E-state index < -0.39 is 0 Å². The third-order valence-corrected chi connectivity index (χ3v) is 5.63. The molecule has 2 heterocycles. The molecule has 0 radical (unpaired) electrons. The zero-order chi connectivity index (χ0) is 19.0. The largest absolute Gasteiger partial charge is 0.466 e. The van der Waals surface area contributed by atoms with Crippen molar-refractivity contribution in [2.75, 3.05) is 7.11 Å². The predicted octanol–water partition coefficient (Wildman–Crippen LogP) is 4.90. The Labute approximate surface area is 163 Å². The first-order valence-corrected chi connectivity index (χ1v) is 9.64. The van der Waals surface area contributed by atoms with Gasteiger partial charge in [-0.25, -0.2) is 9.79 Å². The fourth-order valence-corrected chi connectivity index (χ4v) is 4.41. The number of benzene rings is 2. The molecule has 0 aliphatic carbocycles. The molecule has 2 aromatic carbocycles. The van der Waals surface area contributed by atoms with Gasteiger partial charge in [-0.15, -0.1) is 0 Å². The number of aliphatic imine (C=N–C) groups is 1. The number of amidine groups is 1. The molecule has 0 amide bonds. The number of esters is 1. The van der Waals surface area contributed by atoms with Crippen LogP contribution in [0.3, 0.4) is 0 Å². The normalized spacial score (nSPS) is 18.8. The first-order chi connectivity index (χ1) is 13.1. The molecule has 0 saturated carbocycles. The van der Waals surface area contributed by atoms with E-state index >= 15 is 0 Å². The minimum absolute atomic E-state index is 0.271. The van der Waals surface area contributed by atoms with E-state index in [0.717, 1.165) is 22.0 Å². The summed E-state index contributed by atoms with van der Waals surface area (Å²) in [5.41, 5.74) is 5.63. The van der Waals surface area contributed by atoms with Crippen molar-refractivity contribution in [1.29, 1.82) is 0 Å². The number of hydrogen-bond donors (Lipinski definition) is 0. The van der Waals surface area contributed by atoms with E-state index in [2.05, 4.69) is 53.6 Å². The van der Waals surface area contributed by atoms with E-state index in [1.165, 1.54) is 12.7 Å². The van der Waals surface area contributed by atoms with Gasteiger partial charge in [0.05, 0.1) is 30.1 Å². The lowest BCUT2D eigenvalue weighted by Gasteiger charge is -2.36. The topological polar surface area (TPSA) is 41.9 Å². The number of ether oxygens (including phenoxy) is 1. The molecule has 1 unspecified atom stereocenters. The second-order valence-electron chi connectivity index (χ2n) is 6.56. The average molecular weight is 376 g/mol. The van der Waals surface area contributed by atoms with Gasteiger partial charge in [-0.2, -0.15) is 0 Å². The quantitative estimate of drug-likeness (QED) is 0.715. The molecule has 136 valence electrons. The van der Waals surface area contributed by atoms with E-state index in [-0.39, 0.29) is 12.0 Å². The van der Waals surface area contributed by atoms with Crippen LogP contribution in [0.25, 0.3) is 5.70 Å². The molecule has 4 nitrogen and oxygen atoms in total. The SMILES string of the molecule is COC(=O)C1=C(C)N=C2SC=C(c3ccccc3)N2C1c1ccc(C)cc1. The van der Waals surface area contributed by atoms with Crippen LogP contribution < -0.4 is 0 Å². The van der Waals surface area contributed by atoms with Gasteiger partial charge in [0.2, 0.25) is 0 Å². The maximum absolute atomic E-state index is 12.7. The molecule has 2 aliphatic heterocycles. The zero-order valence-electron chi connectivity index (χ0n) is 15.5. The van der Waals surface area contributed by atoms with Gasteiger partial charge in [0.25, 0.3) is 0 Å². The van der Waals surface area contributed by atoms with Gasteiger partial charge >= 0.3 is 5.97 Å². The molecule has 0 spiro atoms. The predicted molar refractivity (Wildman–Crippen MR) is 110 cm³/mol. The van der Waals surface area contributed by atoms with Crippen molar-refractivity contribution >= 4 is 28.6 Å². The molecule has 27 heavy (non-hydrogen) atoms. The number of methoxy groups -OCH3 is 1. The first-order valence-electron chi connectivity index (χ1n) is 8.76. The number of nitrogens with zero attached hydrogens (tertiary/aromatic N) is 2. The highest BCUT2D eigenvalue weighted by molar-refractivity contribution is 8.16. The summed E-state index contributed by atoms with van der Waals surface area (Å²) in [6.45, 7) is 3.93. The summed E-state index contributed by atoms with van der Waals surface area (Å²) in [5, 5.41) is 2.98. The molecule has 0 fully saturated rings. The molecule has 0 N–H and O–H groups in total. The Balaban J connectivity index is 1.88. The van der Waals surface area contributed by atoms with Crippen molar-refractivity contribution in [1.82, 2.24) is 4.90 Å². The highest BCUT2D eigenvalue weighted by Gasteiger charge is 2.40. The smallest absolute Gasteiger partial charge is 0.338 e. The zero-order valence-corrected chi connectivity index (χ0v) is 16.3. The number of allylic oxidation sites excluding steroid dienone is 1. The van der Waals surface area contributed by atoms with Crippen LogP contribution >= 0.6 is 11.8 Å². The molecule has 0 saturated heterocycles. The average Bonchev–Trinajstić information content (AvgIpc) is 3.11. The van der Waals surface area contributed by atoms with Crippen molar-refractivity contribution in [3.8, 4) is 0 Å². The number of thioether (sulfide) groups is 1. The van der Waals surface area contributed by atoms with Crippen LogP contribution in [0.2, 0.25) is 0 Å². The van der Waals surface area contributed by atoms with Crippen LogP contribution in [0.1, 0.15) is 29.7 Å². The van der Waals surface area contributed by atoms with E-state index in [9.17, 15) is 4.79 Å². The summed E-state index contributed by atoms with van der Waals surface area (Å²) in [7, 11) is 1.42. The molecule has 1 atom stereocenters. The molecular formula is C22H20N2O2S. The lowest BCUT2D eigenvalue weighted by molar-refractivity contribution is -0.136. The van der Waals surface area contributed by atoms with E-state index in [1.807, 2.05) is 25.1 Å². The van der Waals surface area contributed by atoms with Gasteiger partial charge in [0.1, 0.15) is 0 Å². The Morgan fingerprint density at radius 1 is 1.07 bits per heavy atom. The van der Waals surface area contributed by atoms with Gasteiger partial charge in [0, 0.05) is 5.41 Å². The second kappa shape index (κ2) is 7.08. The molecule has 2 aliphatic rings. The molecule has 0 bridgehead atoms. The van der Waals surface area contributed by atoms with Gasteiger partial charge in [-0.3, -0.25) is 0 Å². The second-order valence-corrected chi connectivity index (χ2v) is 7.39. The number of hydrogen-bond acceptors (Lipinski definition) is 5. The Bertz CT molecular complexity index is 975. The summed E-state index contributed by atoms with van der Waals surface area (Å²) >= 11 is 1.58. The fourth-order valence-electron chi connectivity index (χ4n) is 3.44. The number of fused-ring (bicyclic) bond motifs is 1. The lowest BCUT2D eigenvalue weighted by atomic mass is 9.93. The maximum Gasteiger partial charge on any atom is 0.338 e. The Hall–Kier alpha value is -2.79. The summed E-state index contributed by atoms with van der Waals surface area (Å²) in [6.07, 6.45) is 0. The first kappa shape index (κ1) is 17.6. The number of aryl methyl sites for hydroxylation is 1. The lowest BCUT2D eigenvalue weighted by Crippen LogP contribution is -2.36. The Morgan fingerprint density at radius 2 is 1.78 bits per heavy atom. The van der Waals surface area contributed by atoms with Crippen molar-refractivity contribution in [2.24, 2.45) is 4.99 Å². The minimum atomic E-state index is -0.342. The minimum Gasteiger partial charge on any atom is -0.466 e. The van der Waals surface area contributed by atoms with Gasteiger partial charge in [-0.1, -0.05) is 71.9 Å². The number of carbonyl (C=O) groups is 1. The van der Waals surface area contributed by atoms with Crippen LogP contribution in [-0.4, -0.2) is 23.1 Å². The molecule has 5 heteroatoms. The van der Waals surface area contributed by atoms with Gasteiger partial charge in [0.15, 0.2) is 5.17 Å². The number of carbonyl (C=O) groups excluding carboxylic acids is 1. The molecule has 2 aromatic rings. The van der Waals surface area contributed by atoms with Crippen LogP contribution in [-0.2, 0) is 9.53 Å². The third-order valence-electron chi connectivity index (χ3n) is 4.79. The third kappa shape index (κ3) is 3.08. The van der Waals surface area contributed by atoms with Crippen LogP contribution in [0.5, 0.6) is 0 Å². The van der Waals surface area contributed by atoms with Crippen molar-refractivity contribution < 1.29 is 9.53 Å². The van der Waals surface area contributed by atoms with E-state index in [4.69, 9.17) is 9.73 Å². The summed E-state index contributed by atoms with van der Waals surface area (Å²) in [5.74, 6) is -0.342. The van der Waals surface area contributed by atoms with Crippen molar-refractivity contribution in [3.05, 3.63) is 88.0 Å².